The molecule has 0 saturated carbocycles. The van der Waals surface area contributed by atoms with Gasteiger partial charge in [0.2, 0.25) is 0 Å². The molecule has 1 fully saturated rings. The zero-order chi connectivity index (χ0) is 33.3. The van der Waals surface area contributed by atoms with Crippen LogP contribution < -0.4 is 15.4 Å². The SMILES string of the molecule is CN(C)CCCC(=O)c1nc(NC(=O)N[C@H]2CC[C@@H](Oc3ccc4nnc(C5(C)COC5)n4c3)c3ccccc32)cc(C(C)(C)C)n1. The van der Waals surface area contributed by atoms with Gasteiger partial charge in [-0.3, -0.25) is 14.5 Å². The van der Waals surface area contributed by atoms with Gasteiger partial charge in [-0.15, -0.1) is 10.2 Å². The van der Waals surface area contributed by atoms with E-state index in [1.165, 1.54) is 0 Å². The molecule has 2 aliphatic rings. The molecule has 6 rings (SSSR count). The molecule has 2 N–H and O–H groups in total. The second-order valence-electron chi connectivity index (χ2n) is 14.2. The highest BCUT2D eigenvalue weighted by Crippen LogP contribution is 2.39. The Kier molecular flexibility index (Phi) is 8.99. The molecule has 3 aromatic heterocycles. The van der Waals surface area contributed by atoms with Crippen LogP contribution in [-0.4, -0.2) is 75.1 Å². The number of nitrogens with zero attached hydrogens (tertiary/aromatic N) is 6. The number of hydrogen-bond acceptors (Lipinski definition) is 9. The maximum Gasteiger partial charge on any atom is 0.320 e. The van der Waals surface area contributed by atoms with E-state index in [1.54, 1.807) is 6.07 Å². The van der Waals surface area contributed by atoms with Crippen LogP contribution in [0.15, 0.2) is 48.7 Å². The molecule has 0 unspecified atom stereocenters. The summed E-state index contributed by atoms with van der Waals surface area (Å²) in [7, 11) is 3.95. The number of carbonyl (C=O) groups is 2. The van der Waals surface area contributed by atoms with E-state index in [9.17, 15) is 9.59 Å². The number of Topliss-reactive ketones (excluding diaryl/α,β-unsaturated/α-hetero) is 1. The van der Waals surface area contributed by atoms with Gasteiger partial charge in [-0.05, 0) is 70.1 Å². The molecule has 12 heteroatoms. The Balaban J connectivity index is 1.16. The number of amides is 2. The van der Waals surface area contributed by atoms with Crippen molar-refractivity contribution in [3.05, 3.63) is 77.1 Å². The predicted octanol–water partition coefficient (Wildman–Crippen LogP) is 5.41. The van der Waals surface area contributed by atoms with Gasteiger partial charge in [0.15, 0.2) is 17.3 Å². The third-order valence-electron chi connectivity index (χ3n) is 8.77. The minimum atomic E-state index is -0.396. The van der Waals surface area contributed by atoms with Crippen LogP contribution in [0.3, 0.4) is 0 Å². The third kappa shape index (κ3) is 7.13. The van der Waals surface area contributed by atoms with E-state index in [0.29, 0.717) is 50.4 Å². The topological polar surface area (TPSA) is 136 Å². The van der Waals surface area contributed by atoms with Gasteiger partial charge >= 0.3 is 6.03 Å². The molecule has 248 valence electrons. The molecule has 2 atom stereocenters. The molecular weight excluding hydrogens is 596 g/mol. The zero-order valence-corrected chi connectivity index (χ0v) is 28.0. The molecule has 47 heavy (non-hydrogen) atoms. The van der Waals surface area contributed by atoms with Crippen LogP contribution in [-0.2, 0) is 15.6 Å². The molecule has 1 aromatic carbocycles. The van der Waals surface area contributed by atoms with Crippen LogP contribution in [0.5, 0.6) is 5.75 Å². The molecule has 1 saturated heterocycles. The van der Waals surface area contributed by atoms with Gasteiger partial charge in [-0.25, -0.2) is 14.8 Å². The lowest BCUT2D eigenvalue weighted by atomic mass is 9.85. The Labute approximate surface area is 275 Å². The van der Waals surface area contributed by atoms with Crippen LogP contribution in [0, 0.1) is 0 Å². The summed E-state index contributed by atoms with van der Waals surface area (Å²) in [5, 5.41) is 14.8. The lowest BCUT2D eigenvalue weighted by Crippen LogP contribution is -2.45. The van der Waals surface area contributed by atoms with Crippen molar-refractivity contribution >= 4 is 23.3 Å². The molecule has 1 aliphatic heterocycles. The van der Waals surface area contributed by atoms with Gasteiger partial charge in [-0.1, -0.05) is 45.0 Å². The summed E-state index contributed by atoms with van der Waals surface area (Å²) in [5.74, 6) is 1.87. The maximum absolute atomic E-state index is 13.4. The first-order valence-electron chi connectivity index (χ1n) is 16.2. The van der Waals surface area contributed by atoms with Crippen LogP contribution >= 0.6 is 0 Å². The second-order valence-corrected chi connectivity index (χ2v) is 14.2. The molecule has 12 nitrogen and oxygen atoms in total. The van der Waals surface area contributed by atoms with Gasteiger partial charge in [0, 0.05) is 17.9 Å². The predicted molar refractivity (Wildman–Crippen MR) is 178 cm³/mol. The first-order valence-corrected chi connectivity index (χ1v) is 16.2. The largest absolute Gasteiger partial charge is 0.484 e. The number of hydrogen-bond donors (Lipinski definition) is 2. The number of nitrogens with one attached hydrogen (secondary N) is 2. The number of urea groups is 1. The lowest BCUT2D eigenvalue weighted by Gasteiger charge is -2.36. The van der Waals surface area contributed by atoms with E-state index in [2.05, 4.69) is 43.8 Å². The smallest absolute Gasteiger partial charge is 0.320 e. The molecular formula is C35H44N8O4. The van der Waals surface area contributed by atoms with Gasteiger partial charge in [0.25, 0.3) is 0 Å². The monoisotopic (exact) mass is 640 g/mol. The quantitative estimate of drug-likeness (QED) is 0.218. The fourth-order valence-corrected chi connectivity index (χ4v) is 6.08. The second kappa shape index (κ2) is 13.0. The molecule has 4 aromatic rings. The summed E-state index contributed by atoms with van der Waals surface area (Å²) in [4.78, 5) is 37.4. The summed E-state index contributed by atoms with van der Waals surface area (Å²) < 4.78 is 14.0. The van der Waals surface area contributed by atoms with Crippen molar-refractivity contribution in [2.75, 3.05) is 39.2 Å². The van der Waals surface area contributed by atoms with Crippen LogP contribution in [0.2, 0.25) is 0 Å². The van der Waals surface area contributed by atoms with Crippen molar-refractivity contribution in [1.82, 2.24) is 34.8 Å². The Morgan fingerprint density at radius 3 is 2.53 bits per heavy atom. The summed E-state index contributed by atoms with van der Waals surface area (Å²) in [5.41, 5.74) is 2.97. The van der Waals surface area contributed by atoms with E-state index in [4.69, 9.17) is 9.47 Å². The Hall–Kier alpha value is -4.42. The van der Waals surface area contributed by atoms with E-state index >= 15 is 0 Å². The first-order chi connectivity index (χ1) is 22.4. The van der Waals surface area contributed by atoms with Crippen molar-refractivity contribution in [3.8, 4) is 5.75 Å². The van der Waals surface area contributed by atoms with E-state index in [-0.39, 0.29) is 34.6 Å². The number of ether oxygens (including phenoxy) is 2. The molecule has 0 bridgehead atoms. The lowest BCUT2D eigenvalue weighted by molar-refractivity contribution is -0.0548. The molecule has 0 spiro atoms. The number of pyridine rings is 1. The summed E-state index contributed by atoms with van der Waals surface area (Å²) >= 11 is 0. The van der Waals surface area contributed by atoms with Gasteiger partial charge in [0.1, 0.15) is 23.5 Å². The number of benzene rings is 1. The van der Waals surface area contributed by atoms with Gasteiger partial charge < -0.3 is 19.7 Å². The Morgan fingerprint density at radius 2 is 1.83 bits per heavy atom. The van der Waals surface area contributed by atoms with E-state index in [0.717, 1.165) is 34.9 Å². The van der Waals surface area contributed by atoms with Crippen LogP contribution in [0.25, 0.3) is 5.65 Å². The molecule has 0 radical (unpaired) electrons. The fraction of sp³-hybridized carbons (Fsp3) is 0.486. The number of carbonyl (C=O) groups excluding carboxylic acids is 2. The number of anilines is 1. The van der Waals surface area contributed by atoms with Gasteiger partial charge in [-0.2, -0.15) is 0 Å². The minimum absolute atomic E-state index is 0.126. The zero-order valence-electron chi connectivity index (χ0n) is 28.0. The van der Waals surface area contributed by atoms with Crippen LogP contribution in [0.4, 0.5) is 10.6 Å². The summed E-state index contributed by atoms with van der Waals surface area (Å²) in [6, 6.07) is 13.0. The van der Waals surface area contributed by atoms with Crippen molar-refractivity contribution in [2.24, 2.45) is 0 Å². The Morgan fingerprint density at radius 1 is 1.06 bits per heavy atom. The third-order valence-corrected chi connectivity index (χ3v) is 8.77. The van der Waals surface area contributed by atoms with E-state index < -0.39 is 6.03 Å². The summed E-state index contributed by atoms with van der Waals surface area (Å²) in [6.07, 6.45) is 4.18. The standard InChI is InChI=1S/C35H44N8O4/c1-34(2,3)28-18-29(38-31(37-28)26(44)12-9-17-42(5)6)39-33(45)36-25-14-15-27(24-11-8-7-10-23(24)25)47-22-13-16-30-40-41-32(43(30)19-22)35(4)20-46-21-35/h7-8,10-11,13,16,18-19,25,27H,9,12,14-15,17,20-21H2,1-6H3,(H2,36,37,38,39,45)/t25-,27+/m0/s1. The molecule has 4 heterocycles. The highest BCUT2D eigenvalue weighted by molar-refractivity contribution is 5.94. The fourth-order valence-electron chi connectivity index (χ4n) is 6.08. The summed E-state index contributed by atoms with van der Waals surface area (Å²) in [6.45, 7) is 10.2. The van der Waals surface area contributed by atoms with E-state index in [1.807, 2.05) is 80.7 Å². The van der Waals surface area contributed by atoms with Crippen molar-refractivity contribution in [2.45, 2.75) is 76.4 Å². The first kappa shape index (κ1) is 32.5. The van der Waals surface area contributed by atoms with Crippen molar-refractivity contribution in [3.63, 3.8) is 0 Å². The highest BCUT2D eigenvalue weighted by atomic mass is 16.5. The maximum atomic E-state index is 13.4. The average Bonchev–Trinajstić information content (AvgIpc) is 3.44. The molecule has 1 aliphatic carbocycles. The highest BCUT2D eigenvalue weighted by Gasteiger charge is 2.40. The number of aromatic nitrogens is 5. The van der Waals surface area contributed by atoms with Crippen LogP contribution in [0.1, 0.15) is 98.8 Å². The number of rotatable bonds is 10. The molecule has 2 amide bonds. The normalized spacial score (nSPS) is 18.8. The van der Waals surface area contributed by atoms with Crippen molar-refractivity contribution < 1.29 is 19.1 Å². The number of ketones is 1. The van der Waals surface area contributed by atoms with Gasteiger partial charge in [0.05, 0.1) is 36.6 Å². The number of fused-ring (bicyclic) bond motifs is 2. The Bertz CT molecular complexity index is 1770. The minimum Gasteiger partial charge on any atom is -0.484 e. The average molecular weight is 641 g/mol. The van der Waals surface area contributed by atoms with Crippen molar-refractivity contribution in [1.29, 1.82) is 0 Å².